The van der Waals surface area contributed by atoms with Crippen LogP contribution in [-0.4, -0.2) is 50.1 Å². The normalized spacial score (nSPS) is 17.4. The first-order valence-corrected chi connectivity index (χ1v) is 7.61. The van der Waals surface area contributed by atoms with Crippen LogP contribution in [0.25, 0.3) is 0 Å². The first-order valence-electron chi connectivity index (χ1n) is 7.61. The second kappa shape index (κ2) is 8.10. The van der Waals surface area contributed by atoms with Crippen molar-refractivity contribution in [3.63, 3.8) is 0 Å². The molecule has 1 aromatic carbocycles. The maximum Gasteiger partial charge on any atom is 0.223 e. The minimum atomic E-state index is -0.238. The third-order valence-corrected chi connectivity index (χ3v) is 3.87. The third kappa shape index (κ3) is 5.10. The summed E-state index contributed by atoms with van der Waals surface area (Å²) in [5.74, 6) is -0.462. The van der Waals surface area contributed by atoms with Gasteiger partial charge in [0.25, 0.3) is 0 Å². The van der Waals surface area contributed by atoms with Crippen LogP contribution in [0.5, 0.6) is 0 Å². The molecule has 0 radical (unpaired) electrons. The zero-order valence-electron chi connectivity index (χ0n) is 12.6. The first kappa shape index (κ1) is 15.9. The van der Waals surface area contributed by atoms with Crippen molar-refractivity contribution in [1.82, 2.24) is 15.5 Å². The Morgan fingerprint density at radius 3 is 2.81 bits per heavy atom. The van der Waals surface area contributed by atoms with Crippen molar-refractivity contribution < 1.29 is 9.18 Å². The van der Waals surface area contributed by atoms with Gasteiger partial charge >= 0.3 is 0 Å². The molecule has 0 spiro atoms. The van der Waals surface area contributed by atoms with Crippen molar-refractivity contribution in [3.8, 4) is 0 Å². The molecule has 1 atom stereocenters. The molecule has 1 aliphatic rings. The standard InChI is InChI=1S/C16H24FN3O/c1-13(12-14-4-2-3-5-15(14)17)16(21)19-8-11-20-9-6-18-7-10-20/h2-5,13,18H,6-12H2,1H3,(H,19,21). The van der Waals surface area contributed by atoms with E-state index in [2.05, 4.69) is 15.5 Å². The van der Waals surface area contributed by atoms with E-state index in [1.54, 1.807) is 18.2 Å². The second-order valence-electron chi connectivity index (χ2n) is 5.58. The van der Waals surface area contributed by atoms with Crippen molar-refractivity contribution in [3.05, 3.63) is 35.6 Å². The predicted octanol–water partition coefficient (Wildman–Crippen LogP) is 1.03. The highest BCUT2D eigenvalue weighted by Gasteiger charge is 2.16. The average Bonchev–Trinajstić information content (AvgIpc) is 2.50. The van der Waals surface area contributed by atoms with Crippen molar-refractivity contribution in [2.24, 2.45) is 5.92 Å². The molecule has 4 nitrogen and oxygen atoms in total. The Morgan fingerprint density at radius 2 is 2.10 bits per heavy atom. The predicted molar refractivity (Wildman–Crippen MR) is 81.6 cm³/mol. The maximum absolute atomic E-state index is 13.6. The largest absolute Gasteiger partial charge is 0.355 e. The van der Waals surface area contributed by atoms with Gasteiger partial charge in [0.15, 0.2) is 0 Å². The average molecular weight is 293 g/mol. The molecule has 1 heterocycles. The van der Waals surface area contributed by atoms with E-state index in [4.69, 9.17) is 0 Å². The fraction of sp³-hybridized carbons (Fsp3) is 0.562. The summed E-state index contributed by atoms with van der Waals surface area (Å²) in [4.78, 5) is 14.4. The minimum Gasteiger partial charge on any atom is -0.355 e. The molecule has 1 aliphatic heterocycles. The number of benzene rings is 1. The zero-order valence-corrected chi connectivity index (χ0v) is 12.6. The van der Waals surface area contributed by atoms with E-state index >= 15 is 0 Å². The van der Waals surface area contributed by atoms with Gasteiger partial charge in [0.05, 0.1) is 0 Å². The summed E-state index contributed by atoms with van der Waals surface area (Å²) in [6.07, 6.45) is 0.437. The van der Waals surface area contributed by atoms with E-state index in [0.29, 0.717) is 18.5 Å². The van der Waals surface area contributed by atoms with Crippen LogP contribution in [0, 0.1) is 11.7 Å². The van der Waals surface area contributed by atoms with Crippen LogP contribution in [0.3, 0.4) is 0 Å². The Balaban J connectivity index is 1.71. The monoisotopic (exact) mass is 293 g/mol. The molecule has 2 rings (SSSR count). The maximum atomic E-state index is 13.6. The molecule has 1 saturated heterocycles. The third-order valence-electron chi connectivity index (χ3n) is 3.87. The Morgan fingerprint density at radius 1 is 1.38 bits per heavy atom. The lowest BCUT2D eigenvalue weighted by atomic mass is 10.00. The molecule has 1 aromatic rings. The Kier molecular flexibility index (Phi) is 6.14. The Bertz CT molecular complexity index is 461. The van der Waals surface area contributed by atoms with Gasteiger partial charge in [-0.3, -0.25) is 9.69 Å². The van der Waals surface area contributed by atoms with Gasteiger partial charge < -0.3 is 10.6 Å². The highest BCUT2D eigenvalue weighted by atomic mass is 19.1. The second-order valence-corrected chi connectivity index (χ2v) is 5.58. The summed E-state index contributed by atoms with van der Waals surface area (Å²) < 4.78 is 13.6. The van der Waals surface area contributed by atoms with Crippen LogP contribution in [0.15, 0.2) is 24.3 Å². The number of hydrogen-bond acceptors (Lipinski definition) is 3. The van der Waals surface area contributed by atoms with Gasteiger partial charge in [0.2, 0.25) is 5.91 Å². The summed E-state index contributed by atoms with van der Waals surface area (Å²) >= 11 is 0. The van der Waals surface area contributed by atoms with Gasteiger partial charge in [0.1, 0.15) is 5.82 Å². The van der Waals surface area contributed by atoms with Gasteiger partial charge in [-0.15, -0.1) is 0 Å². The molecule has 0 saturated carbocycles. The highest BCUT2D eigenvalue weighted by molar-refractivity contribution is 5.78. The molecule has 2 N–H and O–H groups in total. The molecule has 0 bridgehead atoms. The molecule has 0 aliphatic carbocycles. The molecule has 21 heavy (non-hydrogen) atoms. The highest BCUT2D eigenvalue weighted by Crippen LogP contribution is 2.12. The fourth-order valence-corrected chi connectivity index (χ4v) is 2.53. The number of nitrogens with zero attached hydrogens (tertiary/aromatic N) is 1. The van der Waals surface area contributed by atoms with Crippen molar-refractivity contribution in [1.29, 1.82) is 0 Å². The molecular weight excluding hydrogens is 269 g/mol. The molecule has 0 aromatic heterocycles. The number of rotatable bonds is 6. The van der Waals surface area contributed by atoms with E-state index in [-0.39, 0.29) is 17.6 Å². The van der Waals surface area contributed by atoms with E-state index in [0.717, 1.165) is 32.7 Å². The minimum absolute atomic E-state index is 0.00612. The van der Waals surface area contributed by atoms with Crippen LogP contribution in [0.1, 0.15) is 12.5 Å². The fourth-order valence-electron chi connectivity index (χ4n) is 2.53. The number of carbonyl (C=O) groups excluding carboxylic acids is 1. The topological polar surface area (TPSA) is 44.4 Å². The Labute approximate surface area is 125 Å². The van der Waals surface area contributed by atoms with Gasteiger partial charge in [-0.05, 0) is 18.1 Å². The van der Waals surface area contributed by atoms with Crippen LogP contribution in [0.4, 0.5) is 4.39 Å². The number of nitrogens with one attached hydrogen (secondary N) is 2. The molecule has 1 fully saturated rings. The zero-order chi connectivity index (χ0) is 15.1. The summed E-state index contributed by atoms with van der Waals surface area (Å²) in [6, 6.07) is 6.63. The lowest BCUT2D eigenvalue weighted by molar-refractivity contribution is -0.124. The van der Waals surface area contributed by atoms with Crippen LogP contribution >= 0.6 is 0 Å². The summed E-state index contributed by atoms with van der Waals surface area (Å²) in [6.45, 7) is 7.45. The SMILES string of the molecule is CC(Cc1ccccc1F)C(=O)NCCN1CCNCC1. The summed E-state index contributed by atoms with van der Waals surface area (Å²) in [5.41, 5.74) is 0.599. The number of hydrogen-bond donors (Lipinski definition) is 2. The van der Waals surface area contributed by atoms with Gasteiger partial charge in [-0.2, -0.15) is 0 Å². The van der Waals surface area contributed by atoms with Crippen molar-refractivity contribution in [2.75, 3.05) is 39.3 Å². The van der Waals surface area contributed by atoms with Gasteiger partial charge in [0, 0.05) is 45.2 Å². The van der Waals surface area contributed by atoms with Crippen molar-refractivity contribution >= 4 is 5.91 Å². The molecule has 5 heteroatoms. The van der Waals surface area contributed by atoms with Gasteiger partial charge in [-0.1, -0.05) is 25.1 Å². The van der Waals surface area contributed by atoms with E-state index in [9.17, 15) is 9.18 Å². The number of halogens is 1. The molecule has 116 valence electrons. The Hall–Kier alpha value is -1.46. The number of carbonyl (C=O) groups is 1. The van der Waals surface area contributed by atoms with E-state index < -0.39 is 0 Å². The van der Waals surface area contributed by atoms with Crippen LogP contribution in [0.2, 0.25) is 0 Å². The van der Waals surface area contributed by atoms with E-state index in [1.165, 1.54) is 6.07 Å². The van der Waals surface area contributed by atoms with Crippen LogP contribution < -0.4 is 10.6 Å². The smallest absolute Gasteiger partial charge is 0.223 e. The quantitative estimate of drug-likeness (QED) is 0.823. The first-order chi connectivity index (χ1) is 10.2. The number of amides is 1. The molecule has 1 unspecified atom stereocenters. The molecule has 1 amide bonds. The van der Waals surface area contributed by atoms with Gasteiger partial charge in [-0.25, -0.2) is 4.39 Å². The number of piperazine rings is 1. The van der Waals surface area contributed by atoms with E-state index in [1.807, 2.05) is 6.92 Å². The summed E-state index contributed by atoms with van der Waals surface area (Å²) in [5, 5.41) is 6.25. The lowest BCUT2D eigenvalue weighted by Crippen LogP contribution is -2.46. The van der Waals surface area contributed by atoms with Crippen LogP contribution in [-0.2, 0) is 11.2 Å². The lowest BCUT2D eigenvalue weighted by Gasteiger charge is -2.27. The molecular formula is C16H24FN3O. The van der Waals surface area contributed by atoms with Crippen molar-refractivity contribution in [2.45, 2.75) is 13.3 Å². The summed E-state index contributed by atoms with van der Waals surface area (Å²) in [7, 11) is 0.